The second kappa shape index (κ2) is 6.36. The van der Waals surface area contributed by atoms with Crippen LogP contribution in [0.4, 0.5) is 5.69 Å². The van der Waals surface area contributed by atoms with Crippen molar-refractivity contribution in [2.24, 2.45) is 5.41 Å². The monoisotopic (exact) mass is 351 g/mol. The van der Waals surface area contributed by atoms with Crippen LogP contribution in [0.25, 0.3) is 0 Å². The maximum atomic E-state index is 13.1. The molecule has 1 aliphatic heterocycles. The third kappa shape index (κ3) is 3.17. The minimum Gasteiger partial charge on any atom is -0.375 e. The molecule has 0 unspecified atom stereocenters. The molecule has 1 amide bonds. The maximum Gasteiger partial charge on any atom is 0.264 e. The molecular weight excluding hydrogens is 326 g/mol. The molecule has 1 heterocycles. The predicted octanol–water partition coefficient (Wildman–Crippen LogP) is 3.73. The molecule has 0 saturated carbocycles. The number of aliphatic hydroxyl groups is 1. The number of fused-ring (bicyclic) bond motifs is 1. The van der Waals surface area contributed by atoms with E-state index in [9.17, 15) is 14.7 Å². The fraction of sp³-hybridized carbons (Fsp3) is 0.364. The molecule has 1 N–H and O–H groups in total. The summed E-state index contributed by atoms with van der Waals surface area (Å²) in [6, 6.07) is 15.1. The lowest BCUT2D eigenvalue weighted by atomic mass is 9.81. The molecule has 2 aromatic rings. The summed E-state index contributed by atoms with van der Waals surface area (Å²) in [5.41, 5.74) is 0.886. The Morgan fingerprint density at radius 1 is 1.08 bits per heavy atom. The molecule has 4 nitrogen and oxygen atoms in total. The first kappa shape index (κ1) is 18.3. The number of ketones is 1. The van der Waals surface area contributed by atoms with Crippen LogP contribution in [-0.4, -0.2) is 16.8 Å². The zero-order valence-corrected chi connectivity index (χ0v) is 15.7. The Labute approximate surface area is 154 Å². The molecule has 4 heteroatoms. The number of carbonyl (C=O) groups excluding carboxylic acids is 2. The topological polar surface area (TPSA) is 57.6 Å². The van der Waals surface area contributed by atoms with Crippen molar-refractivity contribution in [1.82, 2.24) is 0 Å². The molecule has 0 saturated heterocycles. The van der Waals surface area contributed by atoms with Crippen molar-refractivity contribution in [1.29, 1.82) is 0 Å². The molecule has 3 rings (SSSR count). The van der Waals surface area contributed by atoms with E-state index in [0.717, 1.165) is 11.1 Å². The van der Waals surface area contributed by atoms with Crippen LogP contribution in [0, 0.1) is 12.3 Å². The quantitative estimate of drug-likeness (QED) is 0.913. The summed E-state index contributed by atoms with van der Waals surface area (Å²) in [6.07, 6.45) is -0.212. The van der Waals surface area contributed by atoms with E-state index in [1.165, 1.54) is 0 Å². The average molecular weight is 351 g/mol. The number of hydrogen-bond donors (Lipinski definition) is 1. The first-order chi connectivity index (χ1) is 12.1. The Kier molecular flexibility index (Phi) is 4.49. The van der Waals surface area contributed by atoms with E-state index in [2.05, 4.69) is 0 Å². The van der Waals surface area contributed by atoms with Crippen molar-refractivity contribution in [2.45, 2.75) is 46.3 Å². The normalized spacial score (nSPS) is 19.6. The minimum absolute atomic E-state index is 0.139. The fourth-order valence-corrected chi connectivity index (χ4v) is 3.21. The highest BCUT2D eigenvalue weighted by molar-refractivity contribution is 6.09. The van der Waals surface area contributed by atoms with Gasteiger partial charge in [-0.15, -0.1) is 0 Å². The second-order valence-corrected chi connectivity index (χ2v) is 8.10. The van der Waals surface area contributed by atoms with E-state index in [-0.39, 0.29) is 12.2 Å². The Morgan fingerprint density at radius 3 is 2.31 bits per heavy atom. The van der Waals surface area contributed by atoms with Crippen LogP contribution in [0.1, 0.15) is 43.9 Å². The van der Waals surface area contributed by atoms with Crippen LogP contribution >= 0.6 is 0 Å². The van der Waals surface area contributed by atoms with Gasteiger partial charge in [0.2, 0.25) is 0 Å². The second-order valence-electron chi connectivity index (χ2n) is 8.10. The first-order valence-electron chi connectivity index (χ1n) is 8.85. The van der Waals surface area contributed by atoms with E-state index < -0.39 is 16.9 Å². The lowest BCUT2D eigenvalue weighted by molar-refractivity contribution is -0.144. The first-order valence-corrected chi connectivity index (χ1v) is 8.85. The summed E-state index contributed by atoms with van der Waals surface area (Å²) in [5, 5.41) is 11.2. The smallest absolute Gasteiger partial charge is 0.264 e. The summed E-state index contributed by atoms with van der Waals surface area (Å²) in [5.74, 6) is -0.572. The average Bonchev–Trinajstić information content (AvgIpc) is 2.78. The molecular formula is C22H25NO3. The Balaban J connectivity index is 1.97. The lowest BCUT2D eigenvalue weighted by Gasteiger charge is -2.26. The number of Topliss-reactive ketones (excluding diaryl/α,β-unsaturated/α-hetero) is 1. The number of hydrogen-bond acceptors (Lipinski definition) is 3. The van der Waals surface area contributed by atoms with Crippen LogP contribution in [0.2, 0.25) is 0 Å². The van der Waals surface area contributed by atoms with E-state index in [1.807, 2.05) is 43.3 Å². The molecule has 136 valence electrons. The van der Waals surface area contributed by atoms with Crippen LogP contribution in [0.15, 0.2) is 48.5 Å². The van der Waals surface area contributed by atoms with Gasteiger partial charge in [0, 0.05) is 17.4 Å². The van der Waals surface area contributed by atoms with Crippen molar-refractivity contribution in [3.05, 3.63) is 65.2 Å². The molecule has 26 heavy (non-hydrogen) atoms. The van der Waals surface area contributed by atoms with Crippen molar-refractivity contribution in [3.63, 3.8) is 0 Å². The highest BCUT2D eigenvalue weighted by Gasteiger charge is 2.51. The van der Waals surface area contributed by atoms with Gasteiger partial charge in [-0.05, 0) is 18.6 Å². The Morgan fingerprint density at radius 2 is 1.69 bits per heavy atom. The largest absolute Gasteiger partial charge is 0.375 e. The van der Waals surface area contributed by atoms with Gasteiger partial charge in [-0.25, -0.2) is 0 Å². The molecule has 0 bridgehead atoms. The van der Waals surface area contributed by atoms with Crippen molar-refractivity contribution >= 4 is 17.4 Å². The van der Waals surface area contributed by atoms with E-state index >= 15 is 0 Å². The summed E-state index contributed by atoms with van der Waals surface area (Å²) < 4.78 is 0. The molecule has 0 aromatic heterocycles. The highest BCUT2D eigenvalue weighted by atomic mass is 16.3. The number of aryl methyl sites for hydroxylation is 1. The lowest BCUT2D eigenvalue weighted by Crippen LogP contribution is -2.43. The standard InChI is InChI=1S/C22H25NO3/c1-15-9-11-16(12-10-15)14-23-18-8-6-5-7-17(18)22(26,20(23)25)13-19(24)21(2,3)4/h5-12,26H,13-14H2,1-4H3/t22-/m0/s1. The van der Waals surface area contributed by atoms with E-state index in [0.29, 0.717) is 17.8 Å². The number of benzene rings is 2. The number of nitrogens with zero attached hydrogens (tertiary/aromatic N) is 1. The van der Waals surface area contributed by atoms with E-state index in [4.69, 9.17) is 0 Å². The number of amides is 1. The van der Waals surface area contributed by atoms with Crippen molar-refractivity contribution in [2.75, 3.05) is 4.90 Å². The Hall–Kier alpha value is -2.46. The van der Waals surface area contributed by atoms with Crippen LogP contribution in [-0.2, 0) is 21.7 Å². The molecule has 0 spiro atoms. The van der Waals surface area contributed by atoms with Gasteiger partial charge in [0.05, 0.1) is 12.2 Å². The highest BCUT2D eigenvalue weighted by Crippen LogP contribution is 2.44. The van der Waals surface area contributed by atoms with Gasteiger partial charge in [-0.1, -0.05) is 68.8 Å². The molecule has 2 aromatic carbocycles. The van der Waals surface area contributed by atoms with Gasteiger partial charge in [-0.2, -0.15) is 0 Å². The zero-order valence-electron chi connectivity index (χ0n) is 15.7. The molecule has 0 radical (unpaired) electrons. The third-order valence-electron chi connectivity index (χ3n) is 4.95. The SMILES string of the molecule is Cc1ccc(CN2C(=O)[C@](O)(CC(=O)C(C)(C)C)c3ccccc32)cc1. The van der Waals surface area contributed by atoms with Gasteiger partial charge in [0.15, 0.2) is 5.60 Å². The van der Waals surface area contributed by atoms with Gasteiger partial charge < -0.3 is 10.0 Å². The predicted molar refractivity (Wildman–Crippen MR) is 102 cm³/mol. The number of rotatable bonds is 4. The van der Waals surface area contributed by atoms with Crippen LogP contribution in [0.5, 0.6) is 0 Å². The van der Waals surface area contributed by atoms with Gasteiger partial charge in [0.25, 0.3) is 5.91 Å². The minimum atomic E-state index is -1.80. The van der Waals surface area contributed by atoms with Gasteiger partial charge >= 0.3 is 0 Å². The van der Waals surface area contributed by atoms with Crippen LogP contribution in [0.3, 0.4) is 0 Å². The maximum absolute atomic E-state index is 13.1. The summed E-state index contributed by atoms with van der Waals surface area (Å²) >= 11 is 0. The number of para-hydroxylation sites is 1. The Bertz CT molecular complexity index is 848. The van der Waals surface area contributed by atoms with Crippen molar-refractivity contribution < 1.29 is 14.7 Å². The van der Waals surface area contributed by atoms with E-state index in [1.54, 1.807) is 37.8 Å². The molecule has 1 atom stereocenters. The third-order valence-corrected chi connectivity index (χ3v) is 4.95. The number of anilines is 1. The summed E-state index contributed by atoms with van der Waals surface area (Å²) in [4.78, 5) is 27.3. The van der Waals surface area contributed by atoms with Gasteiger partial charge in [0.1, 0.15) is 5.78 Å². The molecule has 1 aliphatic rings. The zero-order chi connectivity index (χ0) is 19.1. The number of carbonyl (C=O) groups is 2. The van der Waals surface area contributed by atoms with Crippen molar-refractivity contribution in [3.8, 4) is 0 Å². The van der Waals surface area contributed by atoms with Crippen LogP contribution < -0.4 is 4.90 Å². The summed E-state index contributed by atoms with van der Waals surface area (Å²) in [6.45, 7) is 7.77. The summed E-state index contributed by atoms with van der Waals surface area (Å²) in [7, 11) is 0. The van der Waals surface area contributed by atoms with Gasteiger partial charge in [-0.3, -0.25) is 9.59 Å². The molecule has 0 aliphatic carbocycles. The molecule has 0 fully saturated rings. The fourth-order valence-electron chi connectivity index (χ4n) is 3.21.